The van der Waals surface area contributed by atoms with E-state index in [4.69, 9.17) is 0 Å². The van der Waals surface area contributed by atoms with Gasteiger partial charge < -0.3 is 10.0 Å². The van der Waals surface area contributed by atoms with Crippen molar-refractivity contribution in [2.75, 3.05) is 32.8 Å². The van der Waals surface area contributed by atoms with Crippen molar-refractivity contribution in [3.8, 4) is 0 Å². The number of aliphatic hydroxyl groups excluding tert-OH is 1. The lowest BCUT2D eigenvalue weighted by Crippen LogP contribution is -2.52. The quantitative estimate of drug-likeness (QED) is 0.651. The summed E-state index contributed by atoms with van der Waals surface area (Å²) in [6.07, 6.45) is 0.870. The third-order valence-electron chi connectivity index (χ3n) is 4.10. The van der Waals surface area contributed by atoms with Crippen molar-refractivity contribution in [1.82, 2.24) is 9.80 Å². The zero-order valence-corrected chi connectivity index (χ0v) is 12.6. The molecule has 0 radical (unpaired) electrons. The second-order valence-electron chi connectivity index (χ2n) is 5.38. The van der Waals surface area contributed by atoms with E-state index in [9.17, 15) is 20.0 Å². The van der Waals surface area contributed by atoms with E-state index in [1.165, 1.54) is 18.2 Å². The number of hydrogen-bond acceptors (Lipinski definition) is 5. The monoisotopic (exact) mass is 307 g/mol. The molecule has 1 aliphatic rings. The Balaban J connectivity index is 2.00. The Morgan fingerprint density at radius 1 is 1.36 bits per heavy atom. The normalized spacial score (nSPS) is 17.3. The molecule has 0 aliphatic carbocycles. The first-order valence-corrected chi connectivity index (χ1v) is 7.45. The van der Waals surface area contributed by atoms with Crippen molar-refractivity contribution in [3.63, 3.8) is 0 Å². The largest absolute Gasteiger partial charge is 0.395 e. The lowest BCUT2D eigenvalue weighted by molar-refractivity contribution is -0.384. The van der Waals surface area contributed by atoms with Crippen LogP contribution in [0.1, 0.15) is 23.7 Å². The maximum Gasteiger partial charge on any atom is 0.270 e. The van der Waals surface area contributed by atoms with E-state index in [0.717, 1.165) is 6.42 Å². The second-order valence-corrected chi connectivity index (χ2v) is 5.38. The van der Waals surface area contributed by atoms with Gasteiger partial charge in [-0.3, -0.25) is 19.8 Å². The van der Waals surface area contributed by atoms with Crippen LogP contribution in [0.5, 0.6) is 0 Å². The Hall–Kier alpha value is -1.99. The number of amides is 1. The molecule has 1 amide bonds. The number of nitro benzene ring substituents is 1. The molecule has 1 saturated heterocycles. The molecular formula is C15H21N3O4. The minimum Gasteiger partial charge on any atom is -0.395 e. The first-order valence-electron chi connectivity index (χ1n) is 7.45. The molecule has 2 rings (SSSR count). The molecule has 1 fully saturated rings. The van der Waals surface area contributed by atoms with Gasteiger partial charge in [0.25, 0.3) is 11.6 Å². The highest BCUT2D eigenvalue weighted by atomic mass is 16.6. The summed E-state index contributed by atoms with van der Waals surface area (Å²) in [5.74, 6) is -0.180. The van der Waals surface area contributed by atoms with Crippen LogP contribution in [0.4, 0.5) is 5.69 Å². The Morgan fingerprint density at radius 3 is 2.59 bits per heavy atom. The molecular weight excluding hydrogens is 286 g/mol. The summed E-state index contributed by atoms with van der Waals surface area (Å²) in [4.78, 5) is 26.6. The Kier molecular flexibility index (Phi) is 5.46. The van der Waals surface area contributed by atoms with Crippen LogP contribution in [0.25, 0.3) is 0 Å². The molecule has 0 saturated carbocycles. The highest BCUT2D eigenvalue weighted by Gasteiger charge is 2.26. The van der Waals surface area contributed by atoms with E-state index >= 15 is 0 Å². The lowest BCUT2D eigenvalue weighted by atomic mass is 10.1. The van der Waals surface area contributed by atoms with Gasteiger partial charge in [-0.05, 0) is 12.5 Å². The number of nitro groups is 1. The summed E-state index contributed by atoms with van der Waals surface area (Å²) >= 11 is 0. The number of carbonyl (C=O) groups is 1. The Labute approximate surface area is 129 Å². The van der Waals surface area contributed by atoms with Crippen LogP contribution in [0.2, 0.25) is 0 Å². The fourth-order valence-corrected chi connectivity index (χ4v) is 2.73. The highest BCUT2D eigenvalue weighted by Crippen LogP contribution is 2.16. The summed E-state index contributed by atoms with van der Waals surface area (Å²) in [5, 5.41) is 20.1. The first-order chi connectivity index (χ1) is 10.6. The third-order valence-corrected chi connectivity index (χ3v) is 4.10. The predicted molar refractivity (Wildman–Crippen MR) is 81.7 cm³/mol. The topological polar surface area (TPSA) is 86.9 Å². The molecule has 0 spiro atoms. The van der Waals surface area contributed by atoms with Gasteiger partial charge in [-0.1, -0.05) is 13.0 Å². The van der Waals surface area contributed by atoms with Crippen LogP contribution in [0, 0.1) is 10.1 Å². The van der Waals surface area contributed by atoms with Gasteiger partial charge in [0.1, 0.15) is 0 Å². The van der Waals surface area contributed by atoms with Crippen molar-refractivity contribution in [2.24, 2.45) is 0 Å². The van der Waals surface area contributed by atoms with E-state index < -0.39 is 4.92 Å². The van der Waals surface area contributed by atoms with Gasteiger partial charge in [0, 0.05) is 49.9 Å². The SMILES string of the molecule is CCC(CO)N1CCN(C(=O)c2cccc([N+](=O)[O-])c2)CC1. The molecule has 1 N–H and O–H groups in total. The summed E-state index contributed by atoms with van der Waals surface area (Å²) in [5.41, 5.74) is 0.271. The molecule has 1 heterocycles. The fraction of sp³-hybridized carbons (Fsp3) is 0.533. The van der Waals surface area contributed by atoms with Crippen LogP contribution in [-0.2, 0) is 0 Å². The summed E-state index contributed by atoms with van der Waals surface area (Å²) in [6.45, 7) is 4.70. The number of non-ortho nitro benzene ring substituents is 1. The van der Waals surface area contributed by atoms with Crippen LogP contribution >= 0.6 is 0 Å². The Morgan fingerprint density at radius 2 is 2.05 bits per heavy atom. The summed E-state index contributed by atoms with van der Waals surface area (Å²) in [7, 11) is 0. The minimum absolute atomic E-state index is 0.0733. The molecule has 0 bridgehead atoms. The lowest BCUT2D eigenvalue weighted by Gasteiger charge is -2.38. The molecule has 1 aromatic carbocycles. The number of carbonyl (C=O) groups excluding carboxylic acids is 1. The van der Waals surface area contributed by atoms with E-state index in [1.54, 1.807) is 11.0 Å². The standard InChI is InChI=1S/C15H21N3O4/c1-2-13(11-19)16-6-8-17(9-7-16)15(20)12-4-3-5-14(10-12)18(21)22/h3-5,10,13,19H,2,6-9,11H2,1H3. The molecule has 1 atom stereocenters. The maximum absolute atomic E-state index is 12.4. The average Bonchev–Trinajstić information content (AvgIpc) is 2.56. The summed E-state index contributed by atoms with van der Waals surface area (Å²) < 4.78 is 0. The smallest absolute Gasteiger partial charge is 0.270 e. The van der Waals surface area contributed by atoms with Crippen LogP contribution < -0.4 is 0 Å². The first kappa shape index (κ1) is 16.4. The van der Waals surface area contributed by atoms with E-state index in [2.05, 4.69) is 4.90 Å². The summed E-state index contributed by atoms with van der Waals surface area (Å²) in [6, 6.07) is 5.96. The minimum atomic E-state index is -0.498. The van der Waals surface area contributed by atoms with Gasteiger partial charge in [-0.25, -0.2) is 0 Å². The predicted octanol–water partition coefficient (Wildman–Crippen LogP) is 1.12. The number of benzene rings is 1. The van der Waals surface area contributed by atoms with E-state index in [0.29, 0.717) is 31.7 Å². The molecule has 22 heavy (non-hydrogen) atoms. The van der Waals surface area contributed by atoms with E-state index in [1.807, 2.05) is 6.92 Å². The molecule has 1 unspecified atom stereocenters. The Bertz CT molecular complexity index is 537. The van der Waals surface area contributed by atoms with Crippen LogP contribution in [-0.4, -0.2) is 64.6 Å². The van der Waals surface area contributed by atoms with Crippen LogP contribution in [0.15, 0.2) is 24.3 Å². The third kappa shape index (κ3) is 3.61. The van der Waals surface area contributed by atoms with Gasteiger partial charge in [-0.2, -0.15) is 0 Å². The molecule has 0 aromatic heterocycles. The molecule has 1 aromatic rings. The molecule has 120 valence electrons. The van der Waals surface area contributed by atoms with Crippen molar-refractivity contribution in [3.05, 3.63) is 39.9 Å². The highest BCUT2D eigenvalue weighted by molar-refractivity contribution is 5.94. The molecule has 7 nitrogen and oxygen atoms in total. The maximum atomic E-state index is 12.4. The molecule has 1 aliphatic heterocycles. The number of rotatable bonds is 5. The number of piperazine rings is 1. The fourth-order valence-electron chi connectivity index (χ4n) is 2.73. The van der Waals surface area contributed by atoms with Crippen molar-refractivity contribution in [2.45, 2.75) is 19.4 Å². The van der Waals surface area contributed by atoms with Gasteiger partial charge >= 0.3 is 0 Å². The zero-order valence-electron chi connectivity index (χ0n) is 12.6. The number of nitrogens with zero attached hydrogens (tertiary/aromatic N) is 3. The van der Waals surface area contributed by atoms with Crippen LogP contribution in [0.3, 0.4) is 0 Å². The van der Waals surface area contributed by atoms with Crippen molar-refractivity contribution < 1.29 is 14.8 Å². The van der Waals surface area contributed by atoms with E-state index in [-0.39, 0.29) is 24.2 Å². The van der Waals surface area contributed by atoms with Gasteiger partial charge in [0.2, 0.25) is 0 Å². The molecule has 7 heteroatoms. The second kappa shape index (κ2) is 7.33. The van der Waals surface area contributed by atoms with Gasteiger partial charge in [0.15, 0.2) is 0 Å². The van der Waals surface area contributed by atoms with Crippen molar-refractivity contribution >= 4 is 11.6 Å². The average molecular weight is 307 g/mol. The van der Waals surface area contributed by atoms with Gasteiger partial charge in [-0.15, -0.1) is 0 Å². The number of hydrogen-bond donors (Lipinski definition) is 1. The zero-order chi connectivity index (χ0) is 16.1. The van der Waals surface area contributed by atoms with Gasteiger partial charge in [0.05, 0.1) is 11.5 Å². The number of aliphatic hydroxyl groups is 1. The van der Waals surface area contributed by atoms with Crippen molar-refractivity contribution in [1.29, 1.82) is 0 Å².